The Balaban J connectivity index is 1.44. The van der Waals surface area contributed by atoms with Crippen molar-refractivity contribution in [1.82, 2.24) is 5.32 Å². The van der Waals surface area contributed by atoms with Crippen LogP contribution in [0.25, 0.3) is 0 Å². The second-order valence-corrected chi connectivity index (χ2v) is 11.5. The average molecular weight is 579 g/mol. The summed E-state index contributed by atoms with van der Waals surface area (Å²) >= 11 is 2.40. The van der Waals surface area contributed by atoms with Gasteiger partial charge in [0.05, 0.1) is 23.9 Å². The molecular weight excluding hydrogens is 551 g/mol. The maximum atomic E-state index is 13.6. The van der Waals surface area contributed by atoms with Crippen LogP contribution in [0, 0.1) is 5.82 Å². The van der Waals surface area contributed by atoms with E-state index in [4.69, 9.17) is 10.5 Å². The lowest BCUT2D eigenvalue weighted by atomic mass is 9.95. The number of thiophene rings is 1. The number of ether oxygens (including phenoxy) is 1. The highest BCUT2D eigenvalue weighted by molar-refractivity contribution is 8.16. The van der Waals surface area contributed by atoms with Crippen molar-refractivity contribution in [3.63, 3.8) is 0 Å². The van der Waals surface area contributed by atoms with E-state index < -0.39 is 28.9 Å². The molecule has 1 unspecified atom stereocenters. The Morgan fingerprint density at radius 3 is 2.52 bits per heavy atom. The molecule has 0 bridgehead atoms. The van der Waals surface area contributed by atoms with Gasteiger partial charge >= 0.3 is 5.97 Å². The van der Waals surface area contributed by atoms with Crippen molar-refractivity contribution >= 4 is 56.6 Å². The van der Waals surface area contributed by atoms with Crippen molar-refractivity contribution in [2.24, 2.45) is 10.7 Å². The molecule has 0 fully saturated rings. The van der Waals surface area contributed by atoms with Crippen LogP contribution in [0.15, 0.2) is 70.9 Å². The van der Waals surface area contributed by atoms with E-state index in [-0.39, 0.29) is 22.9 Å². The number of rotatable bonds is 7. The smallest absolute Gasteiger partial charge is 0.341 e. The lowest BCUT2D eigenvalue weighted by molar-refractivity contribution is -0.117. The summed E-state index contributed by atoms with van der Waals surface area (Å²) in [5.41, 5.74) is 9.18. The zero-order chi connectivity index (χ0) is 28.2. The summed E-state index contributed by atoms with van der Waals surface area (Å²) in [7, 11) is 1.31. The van der Waals surface area contributed by atoms with E-state index in [1.165, 1.54) is 42.7 Å². The number of aliphatic imine (C=N–C) groups is 1. The summed E-state index contributed by atoms with van der Waals surface area (Å²) < 4.78 is 18.5. The highest BCUT2D eigenvalue weighted by Crippen LogP contribution is 2.40. The van der Waals surface area contributed by atoms with Gasteiger partial charge in [-0.15, -0.1) is 11.3 Å². The van der Waals surface area contributed by atoms with Crippen molar-refractivity contribution in [2.75, 3.05) is 12.4 Å². The van der Waals surface area contributed by atoms with Crippen molar-refractivity contribution in [1.29, 1.82) is 0 Å². The monoisotopic (exact) mass is 578 g/mol. The van der Waals surface area contributed by atoms with Gasteiger partial charge in [-0.1, -0.05) is 42.1 Å². The number of anilines is 1. The summed E-state index contributed by atoms with van der Waals surface area (Å²) in [6.07, 6.45) is 3.55. The van der Waals surface area contributed by atoms with Crippen LogP contribution in [0.2, 0.25) is 0 Å². The quantitative estimate of drug-likeness (QED) is 0.344. The van der Waals surface area contributed by atoms with Gasteiger partial charge in [0.15, 0.2) is 0 Å². The van der Waals surface area contributed by atoms with Crippen molar-refractivity contribution < 1.29 is 23.5 Å². The molecule has 1 atom stereocenters. The molecule has 0 spiro atoms. The summed E-state index contributed by atoms with van der Waals surface area (Å²) in [5, 5.41) is 5.41. The molecule has 1 aliphatic heterocycles. The fraction of sp³-hybridized carbons (Fsp3) is 0.241. The second kappa shape index (κ2) is 12.1. The predicted molar refractivity (Wildman–Crippen MR) is 155 cm³/mol. The van der Waals surface area contributed by atoms with Gasteiger partial charge in [-0.25, -0.2) is 14.2 Å². The minimum absolute atomic E-state index is 0.0508. The summed E-state index contributed by atoms with van der Waals surface area (Å²) in [6.45, 7) is 0.255. The van der Waals surface area contributed by atoms with Crippen LogP contribution < -0.4 is 16.4 Å². The number of nitrogens with two attached hydrogens (primary N) is 1. The van der Waals surface area contributed by atoms with E-state index in [9.17, 15) is 18.8 Å². The van der Waals surface area contributed by atoms with Gasteiger partial charge < -0.3 is 21.1 Å². The van der Waals surface area contributed by atoms with E-state index in [1.807, 2.05) is 30.3 Å². The minimum Gasteiger partial charge on any atom is -0.465 e. The molecule has 4 N–H and O–H groups in total. The number of thioether (sulfide) groups is 1. The van der Waals surface area contributed by atoms with Crippen LogP contribution in [0.5, 0.6) is 0 Å². The lowest BCUT2D eigenvalue weighted by Gasteiger charge is -2.13. The first-order valence-electron chi connectivity index (χ1n) is 12.7. The number of fused-ring (bicyclic) bond motifs is 1. The Labute approximate surface area is 238 Å². The minimum atomic E-state index is -0.971. The Bertz CT molecular complexity index is 1520. The number of hydrogen-bond donors (Lipinski definition) is 3. The molecule has 2 aliphatic rings. The number of carbonyl (C=O) groups excluding carboxylic acids is 3. The number of halogens is 1. The van der Waals surface area contributed by atoms with Gasteiger partial charge in [0, 0.05) is 17.1 Å². The Kier molecular flexibility index (Phi) is 8.32. The maximum Gasteiger partial charge on any atom is 0.341 e. The molecule has 0 saturated heterocycles. The van der Waals surface area contributed by atoms with Crippen LogP contribution in [0.3, 0.4) is 0 Å². The third-order valence-electron chi connectivity index (χ3n) is 6.63. The highest BCUT2D eigenvalue weighted by Gasteiger charge is 2.39. The predicted octanol–water partition coefficient (Wildman–Crippen LogP) is 4.87. The Morgan fingerprint density at radius 2 is 1.80 bits per heavy atom. The molecule has 0 saturated carbocycles. The second-order valence-electron chi connectivity index (χ2n) is 9.29. The number of amides is 2. The normalized spacial score (nSPS) is 17.4. The van der Waals surface area contributed by atoms with Gasteiger partial charge in [-0.3, -0.25) is 9.59 Å². The molecule has 8 nitrogen and oxygen atoms in total. The third-order valence-corrected chi connectivity index (χ3v) is 9.06. The summed E-state index contributed by atoms with van der Waals surface area (Å²) in [4.78, 5) is 45.1. The zero-order valence-corrected chi connectivity index (χ0v) is 23.3. The summed E-state index contributed by atoms with van der Waals surface area (Å²) in [6, 6.07) is 14.9. The van der Waals surface area contributed by atoms with E-state index in [1.54, 1.807) is 0 Å². The number of nitrogens with zero attached hydrogens (tertiary/aromatic N) is 1. The zero-order valence-electron chi connectivity index (χ0n) is 21.7. The number of methoxy groups -OCH3 is 1. The lowest BCUT2D eigenvalue weighted by Crippen LogP contribution is -2.31. The first kappa shape index (κ1) is 27.6. The van der Waals surface area contributed by atoms with E-state index in [0.717, 1.165) is 53.4 Å². The number of hydrogen-bond acceptors (Lipinski definition) is 8. The fourth-order valence-corrected chi connectivity index (χ4v) is 7.04. The van der Waals surface area contributed by atoms with E-state index >= 15 is 0 Å². The molecule has 2 heterocycles. The molecule has 0 radical (unpaired) electrons. The number of aryl methyl sites for hydroxylation is 1. The summed E-state index contributed by atoms with van der Waals surface area (Å²) in [5.74, 6) is -1.89. The van der Waals surface area contributed by atoms with Crippen LogP contribution in [0.4, 0.5) is 15.1 Å². The Hall–Kier alpha value is -3.96. The van der Waals surface area contributed by atoms with Crippen LogP contribution >= 0.6 is 23.1 Å². The number of nitrogens with one attached hydrogen (secondary N) is 2. The number of esters is 1. The van der Waals surface area contributed by atoms with E-state index in [2.05, 4.69) is 15.6 Å². The number of benzene rings is 2. The molecule has 206 valence electrons. The van der Waals surface area contributed by atoms with Gasteiger partial charge in [-0.2, -0.15) is 0 Å². The van der Waals surface area contributed by atoms with Crippen molar-refractivity contribution in [3.05, 3.63) is 93.3 Å². The fourth-order valence-electron chi connectivity index (χ4n) is 4.64. The van der Waals surface area contributed by atoms with Crippen LogP contribution in [-0.4, -0.2) is 35.2 Å². The van der Waals surface area contributed by atoms with E-state index in [0.29, 0.717) is 16.3 Å². The molecule has 1 aliphatic carbocycles. The molecule has 11 heteroatoms. The molecule has 3 aromatic rings. The van der Waals surface area contributed by atoms with Gasteiger partial charge in [-0.05, 0) is 61.1 Å². The highest BCUT2D eigenvalue weighted by atomic mass is 32.2. The molecule has 2 aromatic carbocycles. The largest absolute Gasteiger partial charge is 0.465 e. The number of carbonyl (C=O) groups is 3. The standard InChI is InChI=1S/C29H27FN4O4S2/c1-38-29(37)21-19-9-5-6-10-20(19)39-27(21)34-26(36)24-23(31)22(25(35)32-15-16-7-3-2-4-8-16)28(40-24)33-18-13-11-17(30)12-14-18/h2-4,7-8,11-14,24H,5-6,9-10,15,31H2,1H3,(H,32,35)(H,34,36). The average Bonchev–Trinajstić information content (AvgIpc) is 3.49. The van der Waals surface area contributed by atoms with Gasteiger partial charge in [0.2, 0.25) is 5.91 Å². The SMILES string of the molecule is COC(=O)c1c(NC(=O)C2SC(=Nc3ccc(F)cc3)C(C(=O)NCc3ccccc3)=C2N)sc2c1CCCC2. The molecule has 2 amide bonds. The van der Waals surface area contributed by atoms with Gasteiger partial charge in [0.25, 0.3) is 5.91 Å². The first-order chi connectivity index (χ1) is 19.4. The topological polar surface area (TPSA) is 123 Å². The van der Waals surface area contributed by atoms with Crippen molar-refractivity contribution in [2.45, 2.75) is 37.5 Å². The molecule has 5 rings (SSSR count). The Morgan fingerprint density at radius 1 is 1.07 bits per heavy atom. The van der Waals surface area contributed by atoms with Crippen LogP contribution in [0.1, 0.15) is 39.2 Å². The van der Waals surface area contributed by atoms with Crippen LogP contribution in [-0.2, 0) is 33.7 Å². The molecule has 1 aromatic heterocycles. The van der Waals surface area contributed by atoms with Gasteiger partial charge in [0.1, 0.15) is 21.1 Å². The van der Waals surface area contributed by atoms with Crippen molar-refractivity contribution in [3.8, 4) is 0 Å². The molecule has 40 heavy (non-hydrogen) atoms. The third kappa shape index (κ3) is 5.80. The molecular formula is C29H27FN4O4S2. The maximum absolute atomic E-state index is 13.6. The first-order valence-corrected chi connectivity index (χ1v) is 14.4.